The molecule has 0 aliphatic rings. The molecule has 1 N–H and O–H groups in total. The van der Waals surface area contributed by atoms with Gasteiger partial charge in [-0.15, -0.1) is 0 Å². The summed E-state index contributed by atoms with van der Waals surface area (Å²) in [7, 11) is 0. The number of nitrogens with zero attached hydrogens (tertiary/aromatic N) is 1. The first kappa shape index (κ1) is 18.0. The standard InChI is InChI=1S/C24H22N2O2/c1-14-11-15(2)23(16(3)12-14)26-24(27)19-13-21(22-10-9-17(4)28-22)25-20-8-6-5-7-18(19)20/h5-13H,1-4H3,(H,26,27). The smallest absolute Gasteiger partial charge is 0.256 e. The molecule has 2 aromatic carbocycles. The number of benzene rings is 2. The van der Waals surface area contributed by atoms with E-state index < -0.39 is 0 Å². The van der Waals surface area contributed by atoms with Gasteiger partial charge in [0.15, 0.2) is 5.76 Å². The van der Waals surface area contributed by atoms with Crippen LogP contribution in [0.3, 0.4) is 0 Å². The number of para-hydroxylation sites is 1. The Morgan fingerprint density at radius 3 is 2.32 bits per heavy atom. The zero-order valence-electron chi connectivity index (χ0n) is 16.5. The van der Waals surface area contributed by atoms with Crippen LogP contribution in [-0.4, -0.2) is 10.9 Å². The van der Waals surface area contributed by atoms with Crippen molar-refractivity contribution in [1.82, 2.24) is 4.98 Å². The number of carbonyl (C=O) groups is 1. The molecule has 140 valence electrons. The van der Waals surface area contributed by atoms with Crippen molar-refractivity contribution in [3.8, 4) is 11.5 Å². The van der Waals surface area contributed by atoms with E-state index in [1.54, 1.807) is 6.07 Å². The molecule has 0 atom stereocenters. The number of aryl methyl sites for hydroxylation is 4. The predicted octanol–water partition coefficient (Wildman–Crippen LogP) is 5.98. The second kappa shape index (κ2) is 6.97. The Hall–Kier alpha value is -3.40. The summed E-state index contributed by atoms with van der Waals surface area (Å²) in [6.45, 7) is 7.97. The Morgan fingerprint density at radius 2 is 1.64 bits per heavy atom. The van der Waals surface area contributed by atoms with E-state index in [9.17, 15) is 4.79 Å². The van der Waals surface area contributed by atoms with Crippen molar-refractivity contribution < 1.29 is 9.21 Å². The van der Waals surface area contributed by atoms with Crippen LogP contribution in [0.1, 0.15) is 32.8 Å². The molecule has 1 amide bonds. The third-order valence-electron chi connectivity index (χ3n) is 4.87. The summed E-state index contributed by atoms with van der Waals surface area (Å²) >= 11 is 0. The van der Waals surface area contributed by atoms with Gasteiger partial charge in [-0.25, -0.2) is 4.98 Å². The van der Waals surface area contributed by atoms with E-state index in [1.807, 2.05) is 57.2 Å². The van der Waals surface area contributed by atoms with E-state index in [1.165, 1.54) is 5.56 Å². The highest BCUT2D eigenvalue weighted by Crippen LogP contribution is 2.28. The van der Waals surface area contributed by atoms with Crippen molar-refractivity contribution in [2.75, 3.05) is 5.32 Å². The Bertz CT molecular complexity index is 1180. The van der Waals surface area contributed by atoms with Crippen molar-refractivity contribution in [3.05, 3.63) is 82.6 Å². The molecule has 0 spiro atoms. The normalized spacial score (nSPS) is 11.0. The van der Waals surface area contributed by atoms with Crippen molar-refractivity contribution in [2.24, 2.45) is 0 Å². The molecule has 0 fully saturated rings. The number of pyridine rings is 1. The predicted molar refractivity (Wildman–Crippen MR) is 113 cm³/mol. The van der Waals surface area contributed by atoms with E-state index >= 15 is 0 Å². The fourth-order valence-electron chi connectivity index (χ4n) is 3.62. The van der Waals surface area contributed by atoms with Gasteiger partial charge in [0.05, 0.1) is 11.1 Å². The minimum atomic E-state index is -0.154. The molecule has 4 nitrogen and oxygen atoms in total. The van der Waals surface area contributed by atoms with Gasteiger partial charge in [0.2, 0.25) is 0 Å². The number of aromatic nitrogens is 1. The lowest BCUT2D eigenvalue weighted by Crippen LogP contribution is -2.15. The first-order chi connectivity index (χ1) is 13.4. The maximum atomic E-state index is 13.2. The fourth-order valence-corrected chi connectivity index (χ4v) is 3.62. The number of fused-ring (bicyclic) bond motifs is 1. The van der Waals surface area contributed by atoms with E-state index in [2.05, 4.69) is 29.4 Å². The average molecular weight is 370 g/mol. The molecule has 28 heavy (non-hydrogen) atoms. The van der Waals surface area contributed by atoms with Crippen LogP contribution in [0.2, 0.25) is 0 Å². The second-order valence-electron chi connectivity index (χ2n) is 7.21. The van der Waals surface area contributed by atoms with E-state index in [-0.39, 0.29) is 5.91 Å². The summed E-state index contributed by atoms with van der Waals surface area (Å²) in [5.74, 6) is 1.31. The third kappa shape index (κ3) is 3.29. The quantitative estimate of drug-likeness (QED) is 0.482. The van der Waals surface area contributed by atoms with Gasteiger partial charge in [0.1, 0.15) is 11.5 Å². The minimum Gasteiger partial charge on any atom is -0.460 e. The zero-order chi connectivity index (χ0) is 19.8. The van der Waals surface area contributed by atoms with Gasteiger partial charge < -0.3 is 9.73 Å². The van der Waals surface area contributed by atoms with Gasteiger partial charge in [0.25, 0.3) is 5.91 Å². The van der Waals surface area contributed by atoms with Crippen molar-refractivity contribution >= 4 is 22.5 Å². The zero-order valence-corrected chi connectivity index (χ0v) is 16.5. The van der Waals surface area contributed by atoms with Crippen LogP contribution in [-0.2, 0) is 0 Å². The molecule has 2 heterocycles. The van der Waals surface area contributed by atoms with Crippen LogP contribution in [0.4, 0.5) is 5.69 Å². The lowest BCUT2D eigenvalue weighted by molar-refractivity contribution is 0.102. The highest BCUT2D eigenvalue weighted by Gasteiger charge is 2.17. The summed E-state index contributed by atoms with van der Waals surface area (Å²) in [6.07, 6.45) is 0. The van der Waals surface area contributed by atoms with Gasteiger partial charge in [-0.3, -0.25) is 4.79 Å². The molecule has 4 rings (SSSR count). The molecule has 4 heteroatoms. The SMILES string of the molecule is Cc1cc(C)c(NC(=O)c2cc(-c3ccc(C)o3)nc3ccccc23)c(C)c1. The number of carbonyl (C=O) groups excluding carboxylic acids is 1. The van der Waals surface area contributed by atoms with Crippen molar-refractivity contribution in [3.63, 3.8) is 0 Å². The van der Waals surface area contributed by atoms with E-state index in [0.717, 1.165) is 33.5 Å². The second-order valence-corrected chi connectivity index (χ2v) is 7.21. The minimum absolute atomic E-state index is 0.154. The maximum absolute atomic E-state index is 13.2. The highest BCUT2D eigenvalue weighted by atomic mass is 16.3. The van der Waals surface area contributed by atoms with Crippen LogP contribution in [0.15, 0.2) is 59.0 Å². The molecule has 0 aliphatic heterocycles. The lowest BCUT2D eigenvalue weighted by Gasteiger charge is -2.14. The summed E-state index contributed by atoms with van der Waals surface area (Å²) in [5.41, 5.74) is 6.11. The van der Waals surface area contributed by atoms with Gasteiger partial charge >= 0.3 is 0 Å². The topological polar surface area (TPSA) is 55.1 Å². The number of hydrogen-bond acceptors (Lipinski definition) is 3. The van der Waals surface area contributed by atoms with Crippen LogP contribution < -0.4 is 5.32 Å². The number of nitrogens with one attached hydrogen (secondary N) is 1. The molecule has 0 radical (unpaired) electrons. The summed E-state index contributed by atoms with van der Waals surface area (Å²) in [4.78, 5) is 17.9. The molecule has 2 aromatic heterocycles. The summed E-state index contributed by atoms with van der Waals surface area (Å²) in [6, 6.07) is 17.4. The largest absolute Gasteiger partial charge is 0.460 e. The maximum Gasteiger partial charge on any atom is 0.256 e. The Balaban J connectivity index is 1.82. The van der Waals surface area contributed by atoms with Gasteiger partial charge in [0, 0.05) is 11.1 Å². The monoisotopic (exact) mass is 370 g/mol. The first-order valence-corrected chi connectivity index (χ1v) is 9.28. The fraction of sp³-hybridized carbons (Fsp3) is 0.167. The Morgan fingerprint density at radius 1 is 0.929 bits per heavy atom. The molecule has 4 aromatic rings. The highest BCUT2D eigenvalue weighted by molar-refractivity contribution is 6.13. The number of rotatable bonds is 3. The molecule has 0 saturated heterocycles. The van der Waals surface area contributed by atoms with Gasteiger partial charge in [-0.05, 0) is 63.1 Å². The molecular weight excluding hydrogens is 348 g/mol. The Kier molecular flexibility index (Phi) is 4.47. The lowest BCUT2D eigenvalue weighted by atomic mass is 10.0. The molecule has 0 unspecified atom stereocenters. The van der Waals surface area contributed by atoms with Crippen LogP contribution in [0.5, 0.6) is 0 Å². The van der Waals surface area contributed by atoms with E-state index in [0.29, 0.717) is 17.0 Å². The van der Waals surface area contributed by atoms with E-state index in [4.69, 9.17) is 4.42 Å². The Labute approximate surface area is 164 Å². The number of anilines is 1. The number of hydrogen-bond donors (Lipinski definition) is 1. The number of amides is 1. The molecular formula is C24H22N2O2. The molecule has 0 aliphatic carbocycles. The first-order valence-electron chi connectivity index (χ1n) is 9.28. The van der Waals surface area contributed by atoms with Gasteiger partial charge in [-0.1, -0.05) is 35.9 Å². The van der Waals surface area contributed by atoms with Crippen molar-refractivity contribution in [1.29, 1.82) is 0 Å². The summed E-state index contributed by atoms with van der Waals surface area (Å²) in [5, 5.41) is 3.92. The third-order valence-corrected chi connectivity index (χ3v) is 4.87. The number of furan rings is 1. The molecule has 0 bridgehead atoms. The van der Waals surface area contributed by atoms with Crippen molar-refractivity contribution in [2.45, 2.75) is 27.7 Å². The molecule has 0 saturated carbocycles. The van der Waals surface area contributed by atoms with Gasteiger partial charge in [-0.2, -0.15) is 0 Å². The van der Waals surface area contributed by atoms with Crippen LogP contribution in [0.25, 0.3) is 22.4 Å². The van der Waals surface area contributed by atoms with Crippen LogP contribution in [0, 0.1) is 27.7 Å². The average Bonchev–Trinajstić information content (AvgIpc) is 3.10. The van der Waals surface area contributed by atoms with Crippen LogP contribution >= 0.6 is 0 Å². The summed E-state index contributed by atoms with van der Waals surface area (Å²) < 4.78 is 5.73.